The van der Waals surface area contributed by atoms with Crippen LogP contribution in [0.4, 0.5) is 11.4 Å². The van der Waals surface area contributed by atoms with Crippen molar-refractivity contribution in [3.8, 4) is 11.5 Å². The smallest absolute Gasteiger partial charge is 0.271 e. The minimum atomic E-state index is -0.173. The molecule has 7 rings (SSSR count). The van der Waals surface area contributed by atoms with Gasteiger partial charge in [-0.2, -0.15) is 0 Å². The molecule has 222 valence electrons. The second-order valence-electron chi connectivity index (χ2n) is 12.1. The first-order valence-electron chi connectivity index (χ1n) is 15.6. The van der Waals surface area contributed by atoms with Crippen LogP contribution in [0.2, 0.25) is 0 Å². The van der Waals surface area contributed by atoms with E-state index in [1.807, 2.05) is 12.1 Å². The number of nitrogens with one attached hydrogen (secondary N) is 2. The third kappa shape index (κ3) is 6.19. The maximum Gasteiger partial charge on any atom is 0.271 e. The molecule has 3 aromatic carbocycles. The van der Waals surface area contributed by atoms with Gasteiger partial charge in [-0.3, -0.25) is 4.79 Å². The van der Waals surface area contributed by atoms with E-state index < -0.39 is 0 Å². The van der Waals surface area contributed by atoms with E-state index in [4.69, 9.17) is 9.47 Å². The molecule has 2 N–H and O–H groups in total. The van der Waals surface area contributed by atoms with Crippen LogP contribution in [-0.2, 0) is 17.6 Å². The maximum absolute atomic E-state index is 12.4. The van der Waals surface area contributed by atoms with E-state index in [1.54, 1.807) is 6.20 Å². The number of aryl methyl sites for hydroxylation is 1. The lowest BCUT2D eigenvalue weighted by Crippen LogP contribution is -2.41. The van der Waals surface area contributed by atoms with Gasteiger partial charge in [-0.05, 0) is 67.6 Å². The Balaban J connectivity index is 0.977. The maximum atomic E-state index is 12.4. The van der Waals surface area contributed by atoms with Crippen LogP contribution in [-0.4, -0.2) is 55.3 Å². The van der Waals surface area contributed by atoms with Gasteiger partial charge in [0.25, 0.3) is 5.56 Å². The van der Waals surface area contributed by atoms with Crippen molar-refractivity contribution in [1.82, 2.24) is 9.88 Å². The summed E-state index contributed by atoms with van der Waals surface area (Å²) in [4.78, 5) is 19.9. The predicted molar refractivity (Wildman–Crippen MR) is 172 cm³/mol. The van der Waals surface area contributed by atoms with E-state index in [9.17, 15) is 4.79 Å². The summed E-state index contributed by atoms with van der Waals surface area (Å²) in [5.41, 5.74) is 7.95. The SMILES string of the molecule is Cc1cccc(CCN2CCC(Nc3ccc4c(c3)Cc3cccc(C5CN(c6ccc[nH]c6=O)CCO5)c3O4)CC2)c1. The number of hydrogen-bond donors (Lipinski definition) is 2. The molecule has 7 heteroatoms. The summed E-state index contributed by atoms with van der Waals surface area (Å²) in [6, 6.07) is 26.0. The topological polar surface area (TPSA) is 69.8 Å². The number of morpholine rings is 1. The molecule has 4 heterocycles. The van der Waals surface area contributed by atoms with Crippen LogP contribution in [0.1, 0.15) is 46.8 Å². The number of aromatic nitrogens is 1. The van der Waals surface area contributed by atoms with Crippen LogP contribution in [0.3, 0.4) is 0 Å². The lowest BCUT2D eigenvalue weighted by atomic mass is 9.95. The lowest BCUT2D eigenvalue weighted by molar-refractivity contribution is 0.0383. The minimum Gasteiger partial charge on any atom is -0.456 e. The quantitative estimate of drug-likeness (QED) is 0.245. The van der Waals surface area contributed by atoms with Gasteiger partial charge in [0.05, 0.1) is 6.61 Å². The van der Waals surface area contributed by atoms with Gasteiger partial charge in [0.2, 0.25) is 0 Å². The van der Waals surface area contributed by atoms with Gasteiger partial charge < -0.3 is 29.6 Å². The van der Waals surface area contributed by atoms with Gasteiger partial charge >= 0.3 is 0 Å². The molecule has 2 saturated heterocycles. The van der Waals surface area contributed by atoms with Gasteiger partial charge in [0.15, 0.2) is 0 Å². The van der Waals surface area contributed by atoms with Gasteiger partial charge in [-0.15, -0.1) is 0 Å². The van der Waals surface area contributed by atoms with E-state index in [0.29, 0.717) is 31.4 Å². The fourth-order valence-electron chi connectivity index (χ4n) is 6.75. The highest BCUT2D eigenvalue weighted by Gasteiger charge is 2.29. The Kier molecular flexibility index (Phi) is 7.92. The van der Waals surface area contributed by atoms with Crippen molar-refractivity contribution in [2.24, 2.45) is 0 Å². The summed E-state index contributed by atoms with van der Waals surface area (Å²) < 4.78 is 12.8. The summed E-state index contributed by atoms with van der Waals surface area (Å²) in [5.74, 6) is 1.80. The average Bonchev–Trinajstić information content (AvgIpc) is 3.03. The highest BCUT2D eigenvalue weighted by atomic mass is 16.5. The number of pyridine rings is 1. The first kappa shape index (κ1) is 27.7. The zero-order valence-electron chi connectivity index (χ0n) is 24.9. The number of anilines is 2. The first-order chi connectivity index (χ1) is 21.1. The number of fused-ring (bicyclic) bond motifs is 2. The van der Waals surface area contributed by atoms with Crippen LogP contribution in [0.15, 0.2) is 83.8 Å². The number of ether oxygens (including phenoxy) is 2. The van der Waals surface area contributed by atoms with E-state index in [0.717, 1.165) is 62.4 Å². The molecule has 0 saturated carbocycles. The first-order valence-corrected chi connectivity index (χ1v) is 15.6. The predicted octanol–water partition coefficient (Wildman–Crippen LogP) is 6.08. The molecule has 0 aliphatic carbocycles. The average molecular weight is 577 g/mol. The van der Waals surface area contributed by atoms with Crippen LogP contribution in [0.25, 0.3) is 0 Å². The minimum absolute atomic E-state index is 0.0727. The molecule has 4 aromatic rings. The van der Waals surface area contributed by atoms with Crippen LogP contribution < -0.4 is 20.5 Å². The molecule has 0 radical (unpaired) electrons. The monoisotopic (exact) mass is 576 g/mol. The number of hydrogen-bond acceptors (Lipinski definition) is 6. The number of H-pyrrole nitrogens is 1. The van der Waals surface area contributed by atoms with Crippen LogP contribution in [0.5, 0.6) is 11.5 Å². The number of rotatable bonds is 7. The number of piperidine rings is 1. The molecule has 1 aromatic heterocycles. The van der Waals surface area contributed by atoms with Gasteiger partial charge in [0, 0.05) is 68.2 Å². The standard InChI is InChI=1S/C36H40N4O3/c1-25-5-2-6-26(21-25)12-16-39-17-13-29(14-18-39)38-30-10-11-33-28(23-30)22-27-7-3-8-31(35(27)43-33)34-24-40(19-20-42-34)32-9-4-15-37-36(32)41/h2-11,15,21,23,29,34,38H,12-14,16-20,22,24H2,1H3,(H,37,41). The second-order valence-corrected chi connectivity index (χ2v) is 12.1. The number of likely N-dealkylation sites (tertiary alicyclic amines) is 1. The molecule has 0 amide bonds. The fraction of sp³-hybridized carbons (Fsp3) is 0.361. The summed E-state index contributed by atoms with van der Waals surface area (Å²) in [7, 11) is 0. The fourth-order valence-corrected chi connectivity index (χ4v) is 6.75. The summed E-state index contributed by atoms with van der Waals surface area (Å²) in [6.07, 6.45) is 5.74. The van der Waals surface area contributed by atoms with Gasteiger partial charge in [-0.1, -0.05) is 48.0 Å². The molecule has 0 bridgehead atoms. The third-order valence-electron chi connectivity index (χ3n) is 9.09. The number of aromatic amines is 1. The number of nitrogens with zero attached hydrogens (tertiary/aromatic N) is 2. The number of para-hydroxylation sites is 1. The Morgan fingerprint density at radius 3 is 2.70 bits per heavy atom. The summed E-state index contributed by atoms with van der Waals surface area (Å²) in [5, 5.41) is 3.81. The molecule has 0 spiro atoms. The van der Waals surface area contributed by atoms with Crippen molar-refractivity contribution in [1.29, 1.82) is 0 Å². The Labute approximate surface area is 253 Å². The highest BCUT2D eigenvalue weighted by molar-refractivity contribution is 5.59. The highest BCUT2D eigenvalue weighted by Crippen LogP contribution is 2.43. The Morgan fingerprint density at radius 2 is 1.84 bits per heavy atom. The van der Waals surface area contributed by atoms with E-state index in [2.05, 4.69) is 87.7 Å². The molecule has 1 unspecified atom stereocenters. The largest absolute Gasteiger partial charge is 0.456 e. The van der Waals surface area contributed by atoms with Gasteiger partial charge in [-0.25, -0.2) is 0 Å². The second kappa shape index (κ2) is 12.3. The molecule has 7 nitrogen and oxygen atoms in total. The third-order valence-corrected chi connectivity index (χ3v) is 9.09. The van der Waals surface area contributed by atoms with Crippen LogP contribution >= 0.6 is 0 Å². The van der Waals surface area contributed by atoms with Crippen molar-refractivity contribution in [2.45, 2.75) is 44.8 Å². The van der Waals surface area contributed by atoms with Crippen molar-refractivity contribution < 1.29 is 9.47 Å². The Hall–Kier alpha value is -4.07. The van der Waals surface area contributed by atoms with E-state index in [1.165, 1.54) is 27.9 Å². The molecule has 2 fully saturated rings. The van der Waals surface area contributed by atoms with Crippen molar-refractivity contribution in [3.05, 3.63) is 117 Å². The van der Waals surface area contributed by atoms with Crippen molar-refractivity contribution in [3.63, 3.8) is 0 Å². The molecular weight excluding hydrogens is 536 g/mol. The molecule has 3 aliphatic rings. The Bertz CT molecular complexity index is 1640. The summed E-state index contributed by atoms with van der Waals surface area (Å²) in [6.45, 7) is 7.40. The summed E-state index contributed by atoms with van der Waals surface area (Å²) >= 11 is 0. The lowest BCUT2D eigenvalue weighted by Gasteiger charge is -2.35. The van der Waals surface area contributed by atoms with Crippen molar-refractivity contribution >= 4 is 11.4 Å². The van der Waals surface area contributed by atoms with E-state index in [-0.39, 0.29) is 11.7 Å². The van der Waals surface area contributed by atoms with Crippen molar-refractivity contribution in [2.75, 3.05) is 49.5 Å². The number of benzene rings is 3. The molecule has 1 atom stereocenters. The van der Waals surface area contributed by atoms with E-state index >= 15 is 0 Å². The zero-order chi connectivity index (χ0) is 29.2. The van der Waals surface area contributed by atoms with Crippen LogP contribution in [0, 0.1) is 6.92 Å². The Morgan fingerprint density at radius 1 is 0.953 bits per heavy atom. The molecular formula is C36H40N4O3. The molecule has 3 aliphatic heterocycles. The zero-order valence-corrected chi connectivity index (χ0v) is 24.9. The molecule has 43 heavy (non-hydrogen) atoms. The normalized spacial score (nSPS) is 18.9. The van der Waals surface area contributed by atoms with Gasteiger partial charge in [0.1, 0.15) is 23.3 Å².